The van der Waals surface area contributed by atoms with Gasteiger partial charge in [-0.05, 0) is 40.2 Å². The van der Waals surface area contributed by atoms with E-state index in [0.717, 1.165) is 16.7 Å². The minimum Gasteiger partial charge on any atom is -0.390 e. The van der Waals surface area contributed by atoms with Gasteiger partial charge in [-0.1, -0.05) is 6.07 Å². The number of hydrogen-bond acceptors (Lipinski definition) is 6. The summed E-state index contributed by atoms with van der Waals surface area (Å²) >= 11 is 3.38. The lowest BCUT2D eigenvalue weighted by Crippen LogP contribution is -2.07. The molecule has 30 heavy (non-hydrogen) atoms. The summed E-state index contributed by atoms with van der Waals surface area (Å²) in [5.41, 5.74) is 5.16. The second-order valence-electron chi connectivity index (χ2n) is 6.51. The molecule has 0 fully saturated rings. The fourth-order valence-electron chi connectivity index (χ4n) is 3.21. The van der Waals surface area contributed by atoms with Crippen LogP contribution in [-0.2, 0) is 11.4 Å². The van der Waals surface area contributed by atoms with E-state index in [0.29, 0.717) is 38.4 Å². The maximum absolute atomic E-state index is 11.4. The van der Waals surface area contributed by atoms with Crippen LogP contribution >= 0.6 is 15.9 Å². The minimum atomic E-state index is -0.224. The summed E-state index contributed by atoms with van der Waals surface area (Å²) in [6, 6.07) is 11.0. The van der Waals surface area contributed by atoms with Gasteiger partial charge in [0, 0.05) is 36.0 Å². The van der Waals surface area contributed by atoms with Crippen molar-refractivity contribution in [1.82, 2.24) is 19.9 Å². The number of aromatic nitrogens is 4. The van der Waals surface area contributed by atoms with Crippen molar-refractivity contribution in [3.63, 3.8) is 0 Å². The number of anilines is 1. The first-order chi connectivity index (χ1) is 14.5. The van der Waals surface area contributed by atoms with Gasteiger partial charge < -0.3 is 15.4 Å². The summed E-state index contributed by atoms with van der Waals surface area (Å²) in [5.74, 6) is 0.186. The summed E-state index contributed by atoms with van der Waals surface area (Å²) in [4.78, 5) is 27.8. The lowest BCUT2D eigenvalue weighted by Gasteiger charge is -2.08. The van der Waals surface area contributed by atoms with E-state index < -0.39 is 0 Å². The number of rotatable bonds is 4. The molecule has 0 spiro atoms. The standard InChI is InChI=1S/C21H15BrN6O2/c1-11(30)26-17-7-12(4-5-24-17)19-18(13-2-3-15(10-29)25-9-13)21-20(28-19)14(8-23)6-16(22)27-21/h2-7,9,28-29H,10H2,1H3,(H,24,26,30). The highest BCUT2D eigenvalue weighted by Crippen LogP contribution is 2.39. The number of nitrogens with zero attached hydrogens (tertiary/aromatic N) is 4. The number of aliphatic hydroxyl groups excluding tert-OH is 1. The maximum Gasteiger partial charge on any atom is 0.222 e. The maximum atomic E-state index is 11.4. The van der Waals surface area contributed by atoms with Gasteiger partial charge in [-0.3, -0.25) is 9.78 Å². The number of aliphatic hydroxyl groups is 1. The van der Waals surface area contributed by atoms with Crippen molar-refractivity contribution in [3.05, 3.63) is 58.6 Å². The summed E-state index contributed by atoms with van der Waals surface area (Å²) in [7, 11) is 0. The average molecular weight is 463 g/mol. The number of aromatic amines is 1. The fourth-order valence-corrected chi connectivity index (χ4v) is 3.62. The summed E-state index contributed by atoms with van der Waals surface area (Å²) in [5, 5.41) is 21.6. The van der Waals surface area contributed by atoms with Gasteiger partial charge in [-0.25, -0.2) is 9.97 Å². The first-order valence-corrected chi connectivity index (χ1v) is 9.72. The van der Waals surface area contributed by atoms with Crippen LogP contribution in [0.4, 0.5) is 5.82 Å². The molecule has 4 rings (SSSR count). The first-order valence-electron chi connectivity index (χ1n) is 8.92. The van der Waals surface area contributed by atoms with E-state index in [9.17, 15) is 15.2 Å². The molecule has 0 aliphatic heterocycles. The van der Waals surface area contributed by atoms with Crippen LogP contribution in [-0.4, -0.2) is 30.9 Å². The van der Waals surface area contributed by atoms with Gasteiger partial charge >= 0.3 is 0 Å². The molecule has 8 nitrogen and oxygen atoms in total. The van der Waals surface area contributed by atoms with Crippen molar-refractivity contribution in [2.75, 3.05) is 5.32 Å². The largest absolute Gasteiger partial charge is 0.390 e. The van der Waals surface area contributed by atoms with E-state index in [2.05, 4.69) is 47.3 Å². The SMILES string of the molecule is CC(=O)Nc1cc(-c2[nH]c3c(C#N)cc(Br)nc3c2-c2ccc(CO)nc2)ccn1. The fraction of sp³-hybridized carbons (Fsp3) is 0.0952. The van der Waals surface area contributed by atoms with Crippen LogP contribution in [0.3, 0.4) is 0 Å². The summed E-state index contributed by atoms with van der Waals surface area (Å²) in [6.07, 6.45) is 3.25. The van der Waals surface area contributed by atoms with Gasteiger partial charge in [0.1, 0.15) is 16.5 Å². The number of H-pyrrole nitrogens is 1. The molecule has 9 heteroatoms. The Hall–Kier alpha value is -3.61. The number of nitriles is 1. The number of carbonyl (C=O) groups excluding carboxylic acids is 1. The van der Waals surface area contributed by atoms with Crippen molar-refractivity contribution < 1.29 is 9.90 Å². The zero-order chi connectivity index (χ0) is 21.3. The molecular formula is C21H15BrN6O2. The van der Waals surface area contributed by atoms with Crippen LogP contribution in [0.15, 0.2) is 47.3 Å². The van der Waals surface area contributed by atoms with Crippen molar-refractivity contribution in [1.29, 1.82) is 5.26 Å². The smallest absolute Gasteiger partial charge is 0.222 e. The van der Waals surface area contributed by atoms with Crippen LogP contribution in [0.5, 0.6) is 0 Å². The van der Waals surface area contributed by atoms with Crippen molar-refractivity contribution in [3.8, 4) is 28.5 Å². The molecule has 4 heterocycles. The molecule has 1 amide bonds. The van der Waals surface area contributed by atoms with E-state index >= 15 is 0 Å². The number of pyridine rings is 3. The van der Waals surface area contributed by atoms with Crippen LogP contribution in [0.25, 0.3) is 33.4 Å². The van der Waals surface area contributed by atoms with Crippen LogP contribution in [0.2, 0.25) is 0 Å². The predicted octanol–water partition coefficient (Wildman–Crippen LogP) is 3.77. The Kier molecular flexibility index (Phi) is 5.27. The molecule has 148 valence electrons. The van der Waals surface area contributed by atoms with Gasteiger partial charge in [0.25, 0.3) is 0 Å². The average Bonchev–Trinajstić information content (AvgIpc) is 3.12. The van der Waals surface area contributed by atoms with Gasteiger partial charge in [0.05, 0.1) is 34.6 Å². The molecule has 0 saturated carbocycles. The molecule has 3 N–H and O–H groups in total. The molecule has 0 aromatic carbocycles. The van der Waals surface area contributed by atoms with Gasteiger partial charge in [0.2, 0.25) is 5.91 Å². The Morgan fingerprint density at radius 1 is 1.27 bits per heavy atom. The van der Waals surface area contributed by atoms with E-state index in [1.54, 1.807) is 36.7 Å². The van der Waals surface area contributed by atoms with Crippen molar-refractivity contribution >= 4 is 38.7 Å². The minimum absolute atomic E-state index is 0.159. The highest BCUT2D eigenvalue weighted by atomic mass is 79.9. The Labute approximate surface area is 179 Å². The third kappa shape index (κ3) is 3.66. The summed E-state index contributed by atoms with van der Waals surface area (Å²) in [6.45, 7) is 1.26. The second kappa shape index (κ2) is 8.02. The Balaban J connectivity index is 2.01. The zero-order valence-electron chi connectivity index (χ0n) is 15.8. The lowest BCUT2D eigenvalue weighted by atomic mass is 10.0. The van der Waals surface area contributed by atoms with E-state index in [-0.39, 0.29) is 12.5 Å². The zero-order valence-corrected chi connectivity index (χ0v) is 17.4. The normalized spacial score (nSPS) is 10.7. The molecule has 4 aromatic heterocycles. The Morgan fingerprint density at radius 2 is 2.10 bits per heavy atom. The third-order valence-corrected chi connectivity index (χ3v) is 4.88. The number of nitrogens with one attached hydrogen (secondary N) is 2. The predicted molar refractivity (Wildman–Crippen MR) is 115 cm³/mol. The third-order valence-electron chi connectivity index (χ3n) is 4.47. The van der Waals surface area contributed by atoms with Gasteiger partial charge in [-0.2, -0.15) is 5.26 Å². The van der Waals surface area contributed by atoms with Crippen LogP contribution in [0, 0.1) is 11.3 Å². The monoisotopic (exact) mass is 462 g/mol. The highest BCUT2D eigenvalue weighted by molar-refractivity contribution is 9.10. The number of carbonyl (C=O) groups is 1. The summed E-state index contributed by atoms with van der Waals surface area (Å²) < 4.78 is 0.534. The molecule has 0 atom stereocenters. The second-order valence-corrected chi connectivity index (χ2v) is 7.32. The Morgan fingerprint density at radius 3 is 2.77 bits per heavy atom. The molecule has 0 aliphatic rings. The number of halogens is 1. The van der Waals surface area contributed by atoms with E-state index in [1.165, 1.54) is 6.92 Å². The van der Waals surface area contributed by atoms with E-state index in [1.807, 2.05) is 6.07 Å². The van der Waals surface area contributed by atoms with Crippen LogP contribution in [0.1, 0.15) is 18.2 Å². The van der Waals surface area contributed by atoms with Gasteiger partial charge in [-0.15, -0.1) is 0 Å². The molecule has 0 saturated heterocycles. The molecule has 0 unspecified atom stereocenters. The topological polar surface area (TPSA) is 128 Å². The van der Waals surface area contributed by atoms with Crippen LogP contribution < -0.4 is 5.32 Å². The molecule has 0 radical (unpaired) electrons. The first kappa shape index (κ1) is 19.7. The van der Waals surface area contributed by atoms with Gasteiger partial charge in [0.15, 0.2) is 0 Å². The number of fused-ring (bicyclic) bond motifs is 1. The van der Waals surface area contributed by atoms with Crippen molar-refractivity contribution in [2.45, 2.75) is 13.5 Å². The van der Waals surface area contributed by atoms with Crippen molar-refractivity contribution in [2.24, 2.45) is 0 Å². The molecule has 0 bridgehead atoms. The Bertz CT molecular complexity index is 1310. The highest BCUT2D eigenvalue weighted by Gasteiger charge is 2.20. The molecule has 4 aromatic rings. The quantitative estimate of drug-likeness (QED) is 0.396. The number of hydrogen-bond donors (Lipinski definition) is 3. The number of amides is 1. The molecule has 0 aliphatic carbocycles. The van der Waals surface area contributed by atoms with E-state index in [4.69, 9.17) is 0 Å². The molecular weight excluding hydrogens is 448 g/mol. The lowest BCUT2D eigenvalue weighted by molar-refractivity contribution is -0.114.